The average Bonchev–Trinajstić information content (AvgIpc) is 2.84. The third-order valence-corrected chi connectivity index (χ3v) is 5.34. The summed E-state index contributed by atoms with van der Waals surface area (Å²) in [5.41, 5.74) is 6.35. The first-order chi connectivity index (χ1) is 9.74. The fourth-order valence-corrected chi connectivity index (χ4v) is 4.50. The molecular formula is C16H20N2O2. The predicted octanol–water partition coefficient (Wildman–Crippen LogP) is 1.81. The molecule has 0 heterocycles. The molecule has 106 valence electrons. The van der Waals surface area contributed by atoms with E-state index in [1.54, 1.807) is 12.1 Å². The van der Waals surface area contributed by atoms with Crippen molar-refractivity contribution < 1.29 is 9.53 Å². The van der Waals surface area contributed by atoms with Crippen LogP contribution in [0, 0.1) is 23.7 Å². The summed E-state index contributed by atoms with van der Waals surface area (Å²) in [6, 6.07) is 7.69. The third kappa shape index (κ3) is 1.86. The number of carbonyl (C=O) groups excluding carboxylic acids is 1. The van der Waals surface area contributed by atoms with Crippen molar-refractivity contribution in [2.24, 2.45) is 23.7 Å². The minimum atomic E-state index is -0.0212. The second-order valence-corrected chi connectivity index (χ2v) is 6.41. The molecule has 1 aromatic carbocycles. The van der Waals surface area contributed by atoms with E-state index in [1.165, 1.54) is 19.3 Å². The molecule has 0 saturated heterocycles. The standard InChI is InChI=1S/C16H20N2O2/c17-11-3-1-2-4-12(11)20-8-13(19)18-16-14-9-5-6-10(7-9)15(14)16/h1-4,9-10,14-16H,5-8,17H2,(H,18,19). The van der Waals surface area contributed by atoms with Gasteiger partial charge in [0, 0.05) is 6.04 Å². The Bertz CT molecular complexity index is 529. The van der Waals surface area contributed by atoms with E-state index < -0.39 is 0 Å². The van der Waals surface area contributed by atoms with Gasteiger partial charge < -0.3 is 15.8 Å². The van der Waals surface area contributed by atoms with Gasteiger partial charge >= 0.3 is 0 Å². The molecule has 4 heteroatoms. The molecule has 4 rings (SSSR count). The van der Waals surface area contributed by atoms with Crippen molar-refractivity contribution in [2.75, 3.05) is 12.3 Å². The molecule has 2 bridgehead atoms. The highest BCUT2D eigenvalue weighted by molar-refractivity contribution is 5.78. The summed E-state index contributed by atoms with van der Waals surface area (Å²) < 4.78 is 5.48. The number of hydrogen-bond donors (Lipinski definition) is 2. The van der Waals surface area contributed by atoms with E-state index >= 15 is 0 Å². The molecule has 0 radical (unpaired) electrons. The summed E-state index contributed by atoms with van der Waals surface area (Å²) in [6.45, 7) is 0.0550. The Morgan fingerprint density at radius 3 is 2.65 bits per heavy atom. The molecule has 1 amide bonds. The van der Waals surface area contributed by atoms with Crippen LogP contribution >= 0.6 is 0 Å². The second-order valence-electron chi connectivity index (χ2n) is 6.41. The number of amides is 1. The number of nitrogens with two attached hydrogens (primary N) is 1. The number of anilines is 1. The van der Waals surface area contributed by atoms with Crippen LogP contribution in [-0.2, 0) is 4.79 Å². The highest BCUT2D eigenvalue weighted by atomic mass is 16.5. The molecule has 3 saturated carbocycles. The molecule has 3 aliphatic rings. The van der Waals surface area contributed by atoms with Crippen molar-refractivity contribution in [3.63, 3.8) is 0 Å². The maximum absolute atomic E-state index is 12.0. The van der Waals surface area contributed by atoms with Crippen LogP contribution in [0.15, 0.2) is 24.3 Å². The largest absolute Gasteiger partial charge is 0.482 e. The lowest BCUT2D eigenvalue weighted by molar-refractivity contribution is -0.123. The second kappa shape index (κ2) is 4.40. The molecular weight excluding hydrogens is 252 g/mol. The van der Waals surface area contributed by atoms with Crippen molar-refractivity contribution in [3.05, 3.63) is 24.3 Å². The van der Waals surface area contributed by atoms with Crippen molar-refractivity contribution in [3.8, 4) is 5.75 Å². The number of nitrogens with one attached hydrogen (secondary N) is 1. The van der Waals surface area contributed by atoms with E-state index in [9.17, 15) is 4.79 Å². The van der Waals surface area contributed by atoms with Crippen LogP contribution in [0.4, 0.5) is 5.69 Å². The molecule has 4 nitrogen and oxygen atoms in total. The molecule has 3 aliphatic carbocycles. The monoisotopic (exact) mass is 272 g/mol. The summed E-state index contributed by atoms with van der Waals surface area (Å²) >= 11 is 0. The van der Waals surface area contributed by atoms with Gasteiger partial charge in [-0.1, -0.05) is 12.1 Å². The topological polar surface area (TPSA) is 64.3 Å². The van der Waals surface area contributed by atoms with E-state index in [-0.39, 0.29) is 12.5 Å². The van der Waals surface area contributed by atoms with Gasteiger partial charge in [-0.3, -0.25) is 4.79 Å². The molecule has 0 spiro atoms. The maximum atomic E-state index is 12.0. The predicted molar refractivity (Wildman–Crippen MR) is 76.1 cm³/mol. The van der Waals surface area contributed by atoms with Gasteiger partial charge in [0.2, 0.25) is 0 Å². The average molecular weight is 272 g/mol. The van der Waals surface area contributed by atoms with Crippen LogP contribution in [0.25, 0.3) is 0 Å². The Hall–Kier alpha value is -1.71. The van der Waals surface area contributed by atoms with Crippen molar-refractivity contribution in [2.45, 2.75) is 25.3 Å². The summed E-state index contributed by atoms with van der Waals surface area (Å²) in [6.07, 6.45) is 4.14. The maximum Gasteiger partial charge on any atom is 0.258 e. The van der Waals surface area contributed by atoms with Crippen LogP contribution in [0.1, 0.15) is 19.3 Å². The first-order valence-corrected chi connectivity index (χ1v) is 7.50. The van der Waals surface area contributed by atoms with Gasteiger partial charge in [0.25, 0.3) is 5.91 Å². The van der Waals surface area contributed by atoms with Crippen LogP contribution < -0.4 is 15.8 Å². The number of para-hydroxylation sites is 2. The van der Waals surface area contributed by atoms with Gasteiger partial charge in [0.05, 0.1) is 5.69 Å². The van der Waals surface area contributed by atoms with Gasteiger partial charge in [0.1, 0.15) is 5.75 Å². The summed E-state index contributed by atoms with van der Waals surface area (Å²) in [5.74, 6) is 3.84. The minimum absolute atomic E-state index is 0.0212. The first-order valence-electron chi connectivity index (χ1n) is 7.50. The Balaban J connectivity index is 1.29. The van der Waals surface area contributed by atoms with Crippen LogP contribution in [0.5, 0.6) is 5.75 Å². The molecule has 1 aromatic rings. The number of ether oxygens (including phenoxy) is 1. The number of benzene rings is 1. The Morgan fingerprint density at radius 1 is 1.25 bits per heavy atom. The third-order valence-electron chi connectivity index (χ3n) is 5.34. The van der Waals surface area contributed by atoms with Gasteiger partial charge in [-0.2, -0.15) is 0 Å². The van der Waals surface area contributed by atoms with Gasteiger partial charge in [0.15, 0.2) is 6.61 Å². The highest BCUT2D eigenvalue weighted by Crippen LogP contribution is 2.65. The van der Waals surface area contributed by atoms with Crippen molar-refractivity contribution in [1.29, 1.82) is 0 Å². The fourth-order valence-electron chi connectivity index (χ4n) is 4.50. The number of fused-ring (bicyclic) bond motifs is 5. The molecule has 4 unspecified atom stereocenters. The molecule has 3 N–H and O–H groups in total. The zero-order valence-electron chi connectivity index (χ0n) is 11.4. The lowest BCUT2D eigenvalue weighted by Gasteiger charge is -2.12. The first kappa shape index (κ1) is 12.1. The van der Waals surface area contributed by atoms with E-state index in [4.69, 9.17) is 10.5 Å². The minimum Gasteiger partial charge on any atom is -0.482 e. The Kier molecular flexibility index (Phi) is 2.65. The quantitative estimate of drug-likeness (QED) is 0.822. The Morgan fingerprint density at radius 2 is 1.95 bits per heavy atom. The van der Waals surface area contributed by atoms with Crippen LogP contribution in [0.2, 0.25) is 0 Å². The zero-order chi connectivity index (χ0) is 13.7. The van der Waals surface area contributed by atoms with Crippen LogP contribution in [0.3, 0.4) is 0 Å². The SMILES string of the molecule is Nc1ccccc1OCC(=O)NC1C2C3CCC(C3)C12. The zero-order valence-corrected chi connectivity index (χ0v) is 11.4. The summed E-state index contributed by atoms with van der Waals surface area (Å²) in [4.78, 5) is 12.0. The summed E-state index contributed by atoms with van der Waals surface area (Å²) in [7, 11) is 0. The van der Waals surface area contributed by atoms with E-state index in [0.717, 1.165) is 23.7 Å². The number of rotatable bonds is 4. The lowest BCUT2D eigenvalue weighted by Crippen LogP contribution is -2.33. The molecule has 3 fully saturated rings. The van der Waals surface area contributed by atoms with E-state index in [2.05, 4.69) is 5.32 Å². The van der Waals surface area contributed by atoms with Crippen molar-refractivity contribution >= 4 is 11.6 Å². The fraction of sp³-hybridized carbons (Fsp3) is 0.562. The van der Waals surface area contributed by atoms with Gasteiger partial charge in [-0.25, -0.2) is 0 Å². The number of carbonyl (C=O) groups is 1. The smallest absolute Gasteiger partial charge is 0.258 e. The molecule has 0 aliphatic heterocycles. The van der Waals surface area contributed by atoms with E-state index in [1.807, 2.05) is 12.1 Å². The lowest BCUT2D eigenvalue weighted by atomic mass is 10.0. The molecule has 0 aromatic heterocycles. The van der Waals surface area contributed by atoms with Gasteiger partial charge in [-0.05, 0) is 55.1 Å². The van der Waals surface area contributed by atoms with Gasteiger partial charge in [-0.15, -0.1) is 0 Å². The molecule has 20 heavy (non-hydrogen) atoms. The van der Waals surface area contributed by atoms with Crippen molar-refractivity contribution in [1.82, 2.24) is 5.32 Å². The number of hydrogen-bond acceptors (Lipinski definition) is 3. The van der Waals surface area contributed by atoms with E-state index in [0.29, 0.717) is 17.5 Å². The Labute approximate surface area is 118 Å². The van der Waals surface area contributed by atoms with Crippen LogP contribution in [-0.4, -0.2) is 18.6 Å². The summed E-state index contributed by atoms with van der Waals surface area (Å²) in [5, 5.41) is 3.14. The highest BCUT2D eigenvalue weighted by Gasteiger charge is 2.65. The normalized spacial score (nSPS) is 36.5. The molecule has 4 atom stereocenters. The number of nitrogen functional groups attached to an aromatic ring is 1.